The van der Waals surface area contributed by atoms with Crippen LogP contribution in [0.1, 0.15) is 8.35 Å². The molecule has 2 N–H and O–H groups in total. The highest BCUT2D eigenvalue weighted by molar-refractivity contribution is 14.0. The van der Waals surface area contributed by atoms with E-state index in [1.807, 2.05) is 13.0 Å². The van der Waals surface area contributed by atoms with Gasteiger partial charge in [-0.3, -0.25) is 0 Å². The average Bonchev–Trinajstić information content (AvgIpc) is 2.17. The zero-order valence-electron chi connectivity index (χ0n) is 8.10. The number of nitrogens with two attached hydrogens (primary N) is 1. The third kappa shape index (κ3) is 4.61. The van der Waals surface area contributed by atoms with E-state index in [-0.39, 0.29) is 25.4 Å². The van der Waals surface area contributed by atoms with Gasteiger partial charge in [0.2, 0.25) is 5.88 Å². The lowest BCUT2D eigenvalue weighted by molar-refractivity contribution is 0.310. The van der Waals surface area contributed by atoms with Crippen molar-refractivity contribution in [2.75, 3.05) is 19.8 Å². The molecule has 0 aliphatic rings. The maximum Gasteiger partial charge on any atom is 0.213 e. The lowest BCUT2D eigenvalue weighted by atomic mass is 10.4. The summed E-state index contributed by atoms with van der Waals surface area (Å²) in [5, 5.41) is 0. The summed E-state index contributed by atoms with van der Waals surface area (Å²) in [6, 6.07) is 3.59. The van der Waals surface area contributed by atoms with Crippen molar-refractivity contribution < 1.29 is 10.9 Å². The smallest absolute Gasteiger partial charge is 0.213 e. The average molecular weight is 312 g/mol. The van der Waals surface area contributed by atoms with Gasteiger partial charge < -0.3 is 15.2 Å². The highest BCUT2D eigenvalue weighted by Crippen LogP contribution is 2.13. The van der Waals surface area contributed by atoms with E-state index < -0.39 is 0 Å². The topological polar surface area (TPSA) is 57.4 Å². The summed E-state index contributed by atoms with van der Waals surface area (Å²) < 4.78 is 10.4. The molecule has 1 heterocycles. The number of halogens is 1. The lowest BCUT2D eigenvalue weighted by Gasteiger charge is -2.04. The first-order valence-corrected chi connectivity index (χ1v) is 4.28. The third-order valence-corrected chi connectivity index (χ3v) is 1.39. The number of pyridine rings is 1. The molecule has 1 aromatic heterocycles. The van der Waals surface area contributed by atoms with E-state index in [9.17, 15) is 0 Å². The molecule has 0 aromatic carbocycles. The number of rotatable bonds is 5. The first kappa shape index (κ1) is 13.4. The molecule has 4 nitrogen and oxygen atoms in total. The Hall–Kier alpha value is -0.560. The number of hydrogen-bond donors (Lipinski definition) is 1. The standard InChI is InChI=1S/C9H14N2O2.HI.H2/c1-2-12-8-3-4-9(11-7-8)13-6-5-10;;/h3-4,7H,2,5-6,10H2,1H3;2*1H. The molecular weight excluding hydrogens is 295 g/mol. The molecule has 14 heavy (non-hydrogen) atoms. The van der Waals surface area contributed by atoms with E-state index in [0.29, 0.717) is 25.6 Å². The maximum atomic E-state index is 5.28. The largest absolute Gasteiger partial charge is 0.492 e. The molecule has 0 fully saturated rings. The zero-order valence-corrected chi connectivity index (χ0v) is 10.4. The van der Waals surface area contributed by atoms with Crippen LogP contribution >= 0.6 is 24.0 Å². The summed E-state index contributed by atoms with van der Waals surface area (Å²) >= 11 is 0. The highest BCUT2D eigenvalue weighted by Gasteiger charge is 1.95. The van der Waals surface area contributed by atoms with Gasteiger partial charge in [-0.15, -0.1) is 24.0 Å². The molecule has 0 saturated carbocycles. The second-order valence-electron chi connectivity index (χ2n) is 2.40. The summed E-state index contributed by atoms with van der Waals surface area (Å²) in [6.45, 7) is 3.55. The Kier molecular flexibility index (Phi) is 7.50. The Morgan fingerprint density at radius 1 is 1.43 bits per heavy atom. The summed E-state index contributed by atoms with van der Waals surface area (Å²) in [5.41, 5.74) is 5.28. The first-order valence-electron chi connectivity index (χ1n) is 4.28. The van der Waals surface area contributed by atoms with Crippen molar-refractivity contribution in [3.05, 3.63) is 18.3 Å². The molecule has 0 amide bonds. The minimum absolute atomic E-state index is 0. The second-order valence-corrected chi connectivity index (χ2v) is 2.40. The summed E-state index contributed by atoms with van der Waals surface area (Å²) in [6.07, 6.45) is 1.63. The van der Waals surface area contributed by atoms with E-state index in [1.165, 1.54) is 0 Å². The molecule has 0 aliphatic heterocycles. The van der Waals surface area contributed by atoms with E-state index >= 15 is 0 Å². The van der Waals surface area contributed by atoms with Crippen LogP contribution in [0.25, 0.3) is 0 Å². The van der Waals surface area contributed by atoms with E-state index in [1.54, 1.807) is 12.3 Å². The Morgan fingerprint density at radius 3 is 2.71 bits per heavy atom. The minimum atomic E-state index is 0. The van der Waals surface area contributed by atoms with Crippen molar-refractivity contribution >= 4 is 24.0 Å². The van der Waals surface area contributed by atoms with Crippen molar-refractivity contribution in [1.29, 1.82) is 0 Å². The van der Waals surface area contributed by atoms with Crippen LogP contribution < -0.4 is 15.2 Å². The van der Waals surface area contributed by atoms with Crippen LogP contribution in [-0.2, 0) is 0 Å². The van der Waals surface area contributed by atoms with Gasteiger partial charge >= 0.3 is 0 Å². The van der Waals surface area contributed by atoms with Gasteiger partial charge in [0.1, 0.15) is 12.4 Å². The molecule has 0 atom stereocenters. The van der Waals surface area contributed by atoms with Gasteiger partial charge in [-0.2, -0.15) is 0 Å². The van der Waals surface area contributed by atoms with Crippen molar-refractivity contribution in [2.24, 2.45) is 5.73 Å². The van der Waals surface area contributed by atoms with Crippen LogP contribution in [0.3, 0.4) is 0 Å². The second kappa shape index (κ2) is 7.81. The fraction of sp³-hybridized carbons (Fsp3) is 0.444. The molecule has 0 aliphatic carbocycles. The predicted octanol–water partition coefficient (Wildman–Crippen LogP) is 1.68. The zero-order chi connectivity index (χ0) is 9.52. The fourth-order valence-electron chi connectivity index (χ4n) is 0.868. The van der Waals surface area contributed by atoms with Crippen molar-refractivity contribution in [1.82, 2.24) is 4.98 Å². The predicted molar refractivity (Wildman–Crippen MR) is 67.5 cm³/mol. The number of aromatic nitrogens is 1. The van der Waals surface area contributed by atoms with Gasteiger partial charge in [-0.1, -0.05) is 0 Å². The summed E-state index contributed by atoms with van der Waals surface area (Å²) in [4.78, 5) is 4.03. The number of nitrogens with zero attached hydrogens (tertiary/aromatic N) is 1. The van der Waals surface area contributed by atoms with E-state index in [4.69, 9.17) is 15.2 Å². The first-order chi connectivity index (χ1) is 6.36. The Bertz CT molecular complexity index is 246. The van der Waals surface area contributed by atoms with Gasteiger partial charge in [-0.05, 0) is 13.0 Å². The van der Waals surface area contributed by atoms with Crippen molar-refractivity contribution in [3.8, 4) is 11.6 Å². The van der Waals surface area contributed by atoms with E-state index in [2.05, 4.69) is 4.98 Å². The van der Waals surface area contributed by atoms with Gasteiger partial charge in [-0.25, -0.2) is 4.98 Å². The fourth-order valence-corrected chi connectivity index (χ4v) is 0.868. The van der Waals surface area contributed by atoms with Crippen LogP contribution in [0, 0.1) is 0 Å². The lowest BCUT2D eigenvalue weighted by Crippen LogP contribution is -2.11. The Labute approximate surface area is 102 Å². The van der Waals surface area contributed by atoms with Gasteiger partial charge in [0.25, 0.3) is 0 Å². The normalized spacial score (nSPS) is 9.00. The molecule has 1 aromatic rings. The van der Waals surface area contributed by atoms with Crippen LogP contribution in [-0.4, -0.2) is 24.7 Å². The number of hydrogen-bond acceptors (Lipinski definition) is 4. The molecule has 0 spiro atoms. The molecule has 0 radical (unpaired) electrons. The van der Waals surface area contributed by atoms with Crippen molar-refractivity contribution in [3.63, 3.8) is 0 Å². The summed E-state index contributed by atoms with van der Waals surface area (Å²) in [5.74, 6) is 1.33. The molecule has 0 bridgehead atoms. The van der Waals surface area contributed by atoms with Crippen LogP contribution in [0.2, 0.25) is 0 Å². The summed E-state index contributed by atoms with van der Waals surface area (Å²) in [7, 11) is 0. The molecule has 5 heteroatoms. The molecular formula is C9H17IN2O2. The molecule has 0 unspecified atom stereocenters. The quantitative estimate of drug-likeness (QED) is 0.841. The highest BCUT2D eigenvalue weighted by atomic mass is 127. The monoisotopic (exact) mass is 312 g/mol. The van der Waals surface area contributed by atoms with Gasteiger partial charge in [0.05, 0.1) is 12.8 Å². The SMILES string of the molecule is CCOc1ccc(OCCN)nc1.I.[HH]. The van der Waals surface area contributed by atoms with E-state index in [0.717, 1.165) is 5.75 Å². The molecule has 1 rings (SSSR count). The van der Waals surface area contributed by atoms with Crippen molar-refractivity contribution in [2.45, 2.75) is 6.92 Å². The third-order valence-electron chi connectivity index (χ3n) is 1.39. The van der Waals surface area contributed by atoms with Gasteiger partial charge in [0.15, 0.2) is 0 Å². The van der Waals surface area contributed by atoms with Crippen LogP contribution in [0.15, 0.2) is 18.3 Å². The van der Waals surface area contributed by atoms with Crippen LogP contribution in [0.4, 0.5) is 0 Å². The number of ether oxygens (including phenoxy) is 2. The Balaban J connectivity index is 0. The molecule has 82 valence electrons. The maximum absolute atomic E-state index is 5.28. The molecule has 0 saturated heterocycles. The van der Waals surface area contributed by atoms with Crippen LogP contribution in [0.5, 0.6) is 11.6 Å². The minimum Gasteiger partial charge on any atom is -0.492 e. The Morgan fingerprint density at radius 2 is 2.21 bits per heavy atom. The van der Waals surface area contributed by atoms with Gasteiger partial charge in [0, 0.05) is 14.0 Å².